The number of carbonyl (C=O) groups is 1. The highest BCUT2D eigenvalue weighted by atomic mass is 35.5. The van der Waals surface area contributed by atoms with Gasteiger partial charge in [0.15, 0.2) is 0 Å². The molecule has 1 fully saturated rings. The molecule has 0 aromatic heterocycles. The van der Waals surface area contributed by atoms with E-state index in [0.29, 0.717) is 28.8 Å². The average molecular weight is 416 g/mol. The lowest BCUT2D eigenvalue weighted by Gasteiger charge is -2.33. The third-order valence-electron chi connectivity index (χ3n) is 4.39. The number of likely N-dealkylation sites (N-methyl/N-ethyl adjacent to an activating group) is 1. The van der Waals surface area contributed by atoms with Crippen LogP contribution in [0.5, 0.6) is 0 Å². The van der Waals surface area contributed by atoms with Gasteiger partial charge in [-0.1, -0.05) is 47.5 Å². The molecule has 0 unspecified atom stereocenters. The van der Waals surface area contributed by atoms with E-state index in [2.05, 4.69) is 5.32 Å². The van der Waals surface area contributed by atoms with Crippen molar-refractivity contribution in [2.45, 2.75) is 12.1 Å². The smallest absolute Gasteiger partial charge is 0.253 e. The zero-order valence-electron chi connectivity index (χ0n) is 14.3. The molecule has 1 heterocycles. The molecule has 2 aromatic carbocycles. The lowest BCUT2D eigenvalue weighted by molar-refractivity contribution is 0.0102. The molecule has 1 aliphatic rings. The number of hydrogen-bond donors (Lipinski definition) is 1. The molecule has 7 heteroatoms. The zero-order chi connectivity index (χ0) is 17.8. The van der Waals surface area contributed by atoms with E-state index in [4.69, 9.17) is 27.9 Å². The van der Waals surface area contributed by atoms with E-state index in [-0.39, 0.29) is 30.5 Å². The van der Waals surface area contributed by atoms with Crippen molar-refractivity contribution in [3.8, 4) is 0 Å². The van der Waals surface area contributed by atoms with Crippen molar-refractivity contribution in [1.29, 1.82) is 0 Å². The van der Waals surface area contributed by atoms with Crippen LogP contribution in [0.3, 0.4) is 0 Å². The molecular weight excluding hydrogens is 395 g/mol. The summed E-state index contributed by atoms with van der Waals surface area (Å²) in [7, 11) is 1.81. The van der Waals surface area contributed by atoms with Gasteiger partial charge in [0.1, 0.15) is 6.10 Å². The second-order valence-corrected chi connectivity index (χ2v) is 6.83. The number of nitrogens with one attached hydrogen (secondary N) is 1. The number of carbonyl (C=O) groups excluding carboxylic acids is 1. The van der Waals surface area contributed by atoms with Crippen LogP contribution < -0.4 is 5.32 Å². The van der Waals surface area contributed by atoms with E-state index < -0.39 is 0 Å². The van der Waals surface area contributed by atoms with Crippen LogP contribution in [-0.2, 0) is 4.74 Å². The maximum atomic E-state index is 12.8. The molecule has 3 rings (SSSR count). The molecule has 26 heavy (non-hydrogen) atoms. The normalized spacial score (nSPS) is 20.0. The largest absolute Gasteiger partial charge is 0.370 e. The summed E-state index contributed by atoms with van der Waals surface area (Å²) in [6.07, 6.45) is -0.276. The average Bonchev–Trinajstić information content (AvgIpc) is 2.89. The van der Waals surface area contributed by atoms with Gasteiger partial charge < -0.3 is 15.0 Å². The maximum absolute atomic E-state index is 12.8. The zero-order valence-corrected chi connectivity index (χ0v) is 16.7. The molecule has 1 amide bonds. The first-order chi connectivity index (χ1) is 12.1. The third kappa shape index (κ3) is 4.70. The van der Waals surface area contributed by atoms with E-state index in [0.717, 1.165) is 12.1 Å². The Kier molecular flexibility index (Phi) is 7.74. The fourth-order valence-corrected chi connectivity index (χ4v) is 3.32. The number of hydrogen-bond acceptors (Lipinski definition) is 3. The molecular formula is C19H21Cl3N2O2. The van der Waals surface area contributed by atoms with Crippen LogP contribution in [0.2, 0.25) is 10.0 Å². The van der Waals surface area contributed by atoms with Gasteiger partial charge >= 0.3 is 0 Å². The highest BCUT2D eigenvalue weighted by molar-refractivity contribution is 6.42. The Hall–Kier alpha value is -1.30. The summed E-state index contributed by atoms with van der Waals surface area (Å²) >= 11 is 12.2. The van der Waals surface area contributed by atoms with Crippen LogP contribution in [0.25, 0.3) is 0 Å². The van der Waals surface area contributed by atoms with Crippen LogP contribution in [-0.4, -0.2) is 43.6 Å². The summed E-state index contributed by atoms with van der Waals surface area (Å²) in [4.78, 5) is 14.6. The summed E-state index contributed by atoms with van der Waals surface area (Å²) in [6, 6.07) is 14.6. The number of ether oxygens (including phenoxy) is 1. The van der Waals surface area contributed by atoms with E-state index in [1.165, 1.54) is 0 Å². The van der Waals surface area contributed by atoms with Gasteiger partial charge in [-0.15, -0.1) is 12.4 Å². The van der Waals surface area contributed by atoms with Gasteiger partial charge in [0.25, 0.3) is 5.91 Å². The summed E-state index contributed by atoms with van der Waals surface area (Å²) in [5.41, 5.74) is 1.57. The first-order valence-corrected chi connectivity index (χ1v) is 8.93. The number of benzene rings is 2. The summed E-state index contributed by atoms with van der Waals surface area (Å²) in [5.74, 6) is -0.0389. The molecule has 2 atom stereocenters. The molecule has 0 spiro atoms. The molecule has 140 valence electrons. The Morgan fingerprint density at radius 1 is 1.15 bits per heavy atom. The van der Waals surface area contributed by atoms with Crippen molar-refractivity contribution in [3.05, 3.63) is 69.7 Å². The lowest BCUT2D eigenvalue weighted by atomic mass is 10.00. The van der Waals surface area contributed by atoms with Crippen LogP contribution in [0.15, 0.2) is 48.5 Å². The molecule has 0 bridgehead atoms. The standard InChI is InChI=1S/C19H20Cl2N2O2.ClH/c1-23(19(24)13-5-3-2-4-6-13)17-12-22-9-10-25-18(17)14-7-8-15(20)16(21)11-14;/h2-8,11,17-18,22H,9-10,12H2,1H3;1H/t17-,18+;/m1./s1. The summed E-state index contributed by atoms with van der Waals surface area (Å²) < 4.78 is 6.05. The van der Waals surface area contributed by atoms with Crippen molar-refractivity contribution in [1.82, 2.24) is 10.2 Å². The van der Waals surface area contributed by atoms with E-state index in [9.17, 15) is 4.79 Å². The molecule has 1 N–H and O–H groups in total. The van der Waals surface area contributed by atoms with Gasteiger partial charge in [-0.25, -0.2) is 0 Å². The van der Waals surface area contributed by atoms with Gasteiger partial charge in [-0.2, -0.15) is 0 Å². The van der Waals surface area contributed by atoms with Gasteiger partial charge in [-0.05, 0) is 29.8 Å². The minimum Gasteiger partial charge on any atom is -0.370 e. The van der Waals surface area contributed by atoms with Crippen molar-refractivity contribution >= 4 is 41.5 Å². The van der Waals surface area contributed by atoms with Gasteiger partial charge in [-0.3, -0.25) is 4.79 Å². The topological polar surface area (TPSA) is 41.6 Å². The van der Waals surface area contributed by atoms with Crippen molar-refractivity contribution in [2.24, 2.45) is 0 Å². The SMILES string of the molecule is CN(C(=O)c1ccccc1)[C@@H]1CNCCO[C@H]1c1ccc(Cl)c(Cl)c1.Cl. The fourth-order valence-electron chi connectivity index (χ4n) is 3.01. The Morgan fingerprint density at radius 3 is 2.58 bits per heavy atom. The second-order valence-electron chi connectivity index (χ2n) is 6.02. The molecule has 4 nitrogen and oxygen atoms in total. The lowest BCUT2D eigenvalue weighted by Crippen LogP contribution is -2.46. The Morgan fingerprint density at radius 2 is 1.88 bits per heavy atom. The molecule has 1 aliphatic heterocycles. The van der Waals surface area contributed by atoms with E-state index in [1.807, 2.05) is 42.5 Å². The minimum atomic E-state index is -0.276. The predicted molar refractivity (Wildman–Crippen MR) is 108 cm³/mol. The first-order valence-electron chi connectivity index (χ1n) is 8.17. The number of halogens is 3. The van der Waals surface area contributed by atoms with Gasteiger partial charge in [0.05, 0.1) is 22.7 Å². The predicted octanol–water partition coefficient (Wildman–Crippen LogP) is 4.22. The van der Waals surface area contributed by atoms with E-state index in [1.54, 1.807) is 18.0 Å². The van der Waals surface area contributed by atoms with Crippen LogP contribution in [0.1, 0.15) is 22.0 Å². The molecule has 2 aromatic rings. The summed E-state index contributed by atoms with van der Waals surface area (Å²) in [6.45, 7) is 1.94. The Balaban J connectivity index is 0.00000243. The number of nitrogens with zero attached hydrogens (tertiary/aromatic N) is 1. The molecule has 0 radical (unpaired) electrons. The number of rotatable bonds is 3. The fraction of sp³-hybridized carbons (Fsp3) is 0.316. The quantitative estimate of drug-likeness (QED) is 0.816. The maximum Gasteiger partial charge on any atom is 0.253 e. The van der Waals surface area contributed by atoms with Crippen molar-refractivity contribution in [3.63, 3.8) is 0 Å². The second kappa shape index (κ2) is 9.58. The Bertz CT molecular complexity index is 743. The van der Waals surface area contributed by atoms with Crippen molar-refractivity contribution in [2.75, 3.05) is 26.7 Å². The number of amides is 1. The van der Waals surface area contributed by atoms with Gasteiger partial charge in [0, 0.05) is 25.7 Å². The van der Waals surface area contributed by atoms with Gasteiger partial charge in [0.2, 0.25) is 0 Å². The monoisotopic (exact) mass is 414 g/mol. The Labute approximate surface area is 169 Å². The first kappa shape index (κ1) is 21.0. The summed E-state index contributed by atoms with van der Waals surface area (Å²) in [5, 5.41) is 4.32. The molecule has 1 saturated heterocycles. The van der Waals surface area contributed by atoms with Crippen LogP contribution in [0.4, 0.5) is 0 Å². The molecule has 0 saturated carbocycles. The van der Waals surface area contributed by atoms with Crippen LogP contribution >= 0.6 is 35.6 Å². The van der Waals surface area contributed by atoms with Crippen LogP contribution in [0, 0.1) is 0 Å². The van der Waals surface area contributed by atoms with Crippen molar-refractivity contribution < 1.29 is 9.53 Å². The minimum absolute atomic E-state index is 0. The third-order valence-corrected chi connectivity index (χ3v) is 5.13. The highest BCUT2D eigenvalue weighted by Gasteiger charge is 2.32. The molecule has 0 aliphatic carbocycles. The van der Waals surface area contributed by atoms with E-state index >= 15 is 0 Å². The highest BCUT2D eigenvalue weighted by Crippen LogP contribution is 2.31.